The number of nitro groups is 1. The van der Waals surface area contributed by atoms with Gasteiger partial charge in [0.05, 0.1) is 28.6 Å². The van der Waals surface area contributed by atoms with Crippen molar-refractivity contribution >= 4 is 33.3 Å². The Morgan fingerprint density at radius 1 is 1.00 bits per heavy atom. The number of hydrogen-bond acceptors (Lipinski definition) is 9. The highest BCUT2D eigenvalue weighted by Crippen LogP contribution is 2.34. The zero-order chi connectivity index (χ0) is 26.7. The maximum atomic E-state index is 12.7. The number of carbonyl (C=O) groups excluding carboxylic acids is 1. The lowest BCUT2D eigenvalue weighted by molar-refractivity contribution is -0.384. The van der Waals surface area contributed by atoms with Crippen LogP contribution in [0.15, 0.2) is 70.0 Å². The lowest BCUT2D eigenvalue weighted by Crippen LogP contribution is -2.16. The molecule has 0 saturated carbocycles. The smallest absolute Gasteiger partial charge is 0.291 e. The van der Waals surface area contributed by atoms with Crippen molar-refractivity contribution in [1.82, 2.24) is 9.97 Å². The van der Waals surface area contributed by atoms with Crippen molar-refractivity contribution < 1.29 is 27.3 Å². The quantitative estimate of drug-likeness (QED) is 0.252. The number of benzene rings is 2. The number of sulfonamides is 1. The normalized spacial score (nSPS) is 11.1. The highest BCUT2D eigenvalue weighted by Gasteiger charge is 2.21. The first-order valence-electron chi connectivity index (χ1n) is 10.7. The molecule has 13 heteroatoms. The fraction of sp³-hybridized carbons (Fsp3) is 0.125. The third kappa shape index (κ3) is 5.73. The Balaban J connectivity index is 1.48. The van der Waals surface area contributed by atoms with Crippen LogP contribution in [-0.4, -0.2) is 36.3 Å². The van der Waals surface area contributed by atoms with Gasteiger partial charge in [-0.2, -0.15) is 0 Å². The maximum absolute atomic E-state index is 12.7. The molecule has 12 nitrogen and oxygen atoms in total. The van der Waals surface area contributed by atoms with E-state index in [1.54, 1.807) is 26.0 Å². The van der Waals surface area contributed by atoms with Gasteiger partial charge in [-0.3, -0.25) is 14.9 Å². The van der Waals surface area contributed by atoms with Gasteiger partial charge < -0.3 is 14.5 Å². The molecule has 0 atom stereocenters. The molecule has 2 aromatic carbocycles. The number of ether oxygens (including phenoxy) is 1. The molecular weight excluding hydrogens is 502 g/mol. The van der Waals surface area contributed by atoms with Crippen molar-refractivity contribution in [2.75, 3.05) is 17.1 Å². The number of aryl methyl sites for hydroxylation is 2. The van der Waals surface area contributed by atoms with Crippen LogP contribution in [0.2, 0.25) is 0 Å². The Bertz CT molecular complexity index is 1580. The third-order valence-corrected chi connectivity index (χ3v) is 6.47. The van der Waals surface area contributed by atoms with Crippen LogP contribution in [0.3, 0.4) is 0 Å². The topological polar surface area (TPSA) is 167 Å². The second-order valence-electron chi connectivity index (χ2n) is 7.86. The van der Waals surface area contributed by atoms with Crippen molar-refractivity contribution in [1.29, 1.82) is 0 Å². The van der Waals surface area contributed by atoms with Crippen molar-refractivity contribution in [3.05, 3.63) is 87.9 Å². The molecule has 0 unspecified atom stereocenters. The number of rotatable bonds is 8. The van der Waals surface area contributed by atoms with Crippen LogP contribution in [0.4, 0.5) is 17.3 Å². The number of aromatic nitrogens is 2. The van der Waals surface area contributed by atoms with Crippen molar-refractivity contribution in [2.45, 2.75) is 18.7 Å². The summed E-state index contributed by atoms with van der Waals surface area (Å²) < 4.78 is 38.3. The molecule has 4 rings (SSSR count). The molecule has 0 radical (unpaired) electrons. The zero-order valence-corrected chi connectivity index (χ0v) is 20.7. The molecule has 37 heavy (non-hydrogen) atoms. The minimum atomic E-state index is -3.96. The standard InChI is InChI=1S/C24H21N5O7S/c1-14-12-15(2)26-24(25-14)28-37(33,34)18-7-4-16(5-8-18)27-23(30)22-11-10-21(36-22)19-9-6-17(35-3)13-20(19)29(31)32/h4-13H,1-3H3,(H,27,30)(H,25,26,28). The third-order valence-electron chi connectivity index (χ3n) is 5.13. The van der Waals surface area contributed by atoms with Gasteiger partial charge in [0, 0.05) is 17.1 Å². The lowest BCUT2D eigenvalue weighted by atomic mass is 10.1. The van der Waals surface area contributed by atoms with Crippen LogP contribution in [0, 0.1) is 24.0 Å². The minimum absolute atomic E-state index is 0.0411. The molecular formula is C24H21N5O7S. The Labute approximate surface area is 211 Å². The first-order valence-corrected chi connectivity index (χ1v) is 12.2. The summed E-state index contributed by atoms with van der Waals surface area (Å²) in [5.41, 5.74) is 1.48. The summed E-state index contributed by atoms with van der Waals surface area (Å²) in [5.74, 6) is -0.325. The molecule has 2 N–H and O–H groups in total. The van der Waals surface area contributed by atoms with E-state index in [0.717, 1.165) is 0 Å². The fourth-order valence-corrected chi connectivity index (χ4v) is 4.41. The fourth-order valence-electron chi connectivity index (χ4n) is 3.46. The zero-order valence-electron chi connectivity index (χ0n) is 19.9. The van der Waals surface area contributed by atoms with Gasteiger partial charge in [-0.25, -0.2) is 23.1 Å². The molecule has 2 heterocycles. The van der Waals surface area contributed by atoms with Gasteiger partial charge in [-0.1, -0.05) is 0 Å². The molecule has 0 aliphatic heterocycles. The van der Waals surface area contributed by atoms with Gasteiger partial charge in [0.25, 0.3) is 21.6 Å². The predicted octanol–water partition coefficient (Wildman–Crippen LogP) is 4.32. The van der Waals surface area contributed by atoms with Gasteiger partial charge in [-0.05, 0) is 68.4 Å². The number of anilines is 2. The largest absolute Gasteiger partial charge is 0.497 e. The number of amides is 1. The molecule has 0 saturated heterocycles. The molecule has 4 aromatic rings. The van der Waals surface area contributed by atoms with Gasteiger partial charge in [0.15, 0.2) is 5.76 Å². The van der Waals surface area contributed by atoms with Crippen LogP contribution < -0.4 is 14.8 Å². The van der Waals surface area contributed by atoms with E-state index in [9.17, 15) is 23.3 Å². The molecule has 2 aromatic heterocycles. The predicted molar refractivity (Wildman–Crippen MR) is 134 cm³/mol. The van der Waals surface area contributed by atoms with E-state index in [2.05, 4.69) is 20.0 Å². The molecule has 1 amide bonds. The van der Waals surface area contributed by atoms with Gasteiger partial charge in [0.1, 0.15) is 11.5 Å². The molecule has 0 fully saturated rings. The highest BCUT2D eigenvalue weighted by atomic mass is 32.2. The summed E-state index contributed by atoms with van der Waals surface area (Å²) in [6.45, 7) is 3.45. The number of carbonyl (C=O) groups is 1. The van der Waals surface area contributed by atoms with E-state index >= 15 is 0 Å². The molecule has 0 aliphatic carbocycles. The summed E-state index contributed by atoms with van der Waals surface area (Å²) in [5, 5.41) is 14.0. The average Bonchev–Trinajstić information content (AvgIpc) is 3.33. The monoisotopic (exact) mass is 523 g/mol. The second-order valence-corrected chi connectivity index (χ2v) is 9.54. The van der Waals surface area contributed by atoms with Gasteiger partial charge in [-0.15, -0.1) is 0 Å². The van der Waals surface area contributed by atoms with Gasteiger partial charge >= 0.3 is 0 Å². The summed E-state index contributed by atoms with van der Waals surface area (Å²) >= 11 is 0. The van der Waals surface area contributed by atoms with Crippen LogP contribution in [-0.2, 0) is 10.0 Å². The van der Waals surface area contributed by atoms with Crippen molar-refractivity contribution in [3.8, 4) is 17.1 Å². The number of nitrogens with zero attached hydrogens (tertiary/aromatic N) is 3. The van der Waals surface area contributed by atoms with Gasteiger partial charge in [0.2, 0.25) is 5.95 Å². The summed E-state index contributed by atoms with van der Waals surface area (Å²) in [6, 6.07) is 14.3. The minimum Gasteiger partial charge on any atom is -0.497 e. The highest BCUT2D eigenvalue weighted by molar-refractivity contribution is 7.92. The Morgan fingerprint density at radius 3 is 2.30 bits per heavy atom. The van der Waals surface area contributed by atoms with E-state index in [4.69, 9.17) is 9.15 Å². The number of nitrogens with one attached hydrogen (secondary N) is 2. The first-order chi connectivity index (χ1) is 17.6. The first kappa shape index (κ1) is 25.3. The van der Waals surface area contributed by atoms with Crippen molar-refractivity contribution in [2.24, 2.45) is 0 Å². The van der Waals surface area contributed by atoms with E-state index < -0.39 is 20.9 Å². The van der Waals surface area contributed by atoms with Crippen LogP contribution in [0.25, 0.3) is 11.3 Å². The van der Waals surface area contributed by atoms with Crippen molar-refractivity contribution in [3.63, 3.8) is 0 Å². The summed E-state index contributed by atoms with van der Waals surface area (Å²) in [7, 11) is -2.56. The van der Waals surface area contributed by atoms with E-state index in [1.807, 2.05) is 0 Å². The van der Waals surface area contributed by atoms with Crippen LogP contribution >= 0.6 is 0 Å². The number of methoxy groups -OCH3 is 1. The maximum Gasteiger partial charge on any atom is 0.291 e. The van der Waals surface area contributed by atoms with E-state index in [0.29, 0.717) is 22.8 Å². The lowest BCUT2D eigenvalue weighted by Gasteiger charge is -2.09. The SMILES string of the molecule is COc1ccc(-c2ccc(C(=O)Nc3ccc(S(=O)(=O)Nc4nc(C)cc(C)n4)cc3)o2)c([N+](=O)[O-])c1. The molecule has 0 bridgehead atoms. The Morgan fingerprint density at radius 2 is 1.68 bits per heavy atom. The number of furan rings is 1. The van der Waals surface area contributed by atoms with E-state index in [1.165, 1.54) is 55.6 Å². The summed E-state index contributed by atoms with van der Waals surface area (Å²) in [6.07, 6.45) is 0. The number of hydrogen-bond donors (Lipinski definition) is 2. The van der Waals surface area contributed by atoms with E-state index in [-0.39, 0.29) is 33.6 Å². The Kier molecular flexibility index (Phi) is 6.89. The Hall–Kier alpha value is -4.78. The molecule has 0 spiro atoms. The average molecular weight is 524 g/mol. The van der Waals surface area contributed by atoms with Crippen LogP contribution in [0.5, 0.6) is 5.75 Å². The number of nitro benzene ring substituents is 1. The second kappa shape index (κ2) is 10.1. The summed E-state index contributed by atoms with van der Waals surface area (Å²) in [4.78, 5) is 31.6. The molecule has 190 valence electrons. The molecule has 0 aliphatic rings. The van der Waals surface area contributed by atoms with Crippen LogP contribution in [0.1, 0.15) is 21.9 Å².